The molecule has 3 rings (SSSR count). The normalized spacial score (nSPS) is 37.6. The van der Waals surface area contributed by atoms with Gasteiger partial charge in [-0.05, 0) is 45.7 Å². The fraction of sp³-hybridized carbons (Fsp3) is 0.929. The van der Waals surface area contributed by atoms with Gasteiger partial charge in [0.2, 0.25) is 5.91 Å². The largest absolute Gasteiger partial charge is 0.381 e. The van der Waals surface area contributed by atoms with E-state index < -0.39 is 0 Å². The fourth-order valence-electron chi connectivity index (χ4n) is 3.85. The lowest BCUT2D eigenvalue weighted by atomic mass is 10.0. The van der Waals surface area contributed by atoms with Gasteiger partial charge in [-0.2, -0.15) is 0 Å². The van der Waals surface area contributed by atoms with Crippen molar-refractivity contribution in [1.82, 2.24) is 9.80 Å². The molecule has 18 heavy (non-hydrogen) atoms. The van der Waals surface area contributed by atoms with Crippen LogP contribution in [0.2, 0.25) is 0 Å². The zero-order valence-corrected chi connectivity index (χ0v) is 11.3. The Morgan fingerprint density at radius 1 is 1.11 bits per heavy atom. The highest BCUT2D eigenvalue weighted by Crippen LogP contribution is 2.31. The zero-order valence-electron chi connectivity index (χ0n) is 11.3. The minimum atomic E-state index is 0.136. The van der Waals surface area contributed by atoms with Crippen LogP contribution < -0.4 is 0 Å². The van der Waals surface area contributed by atoms with Crippen LogP contribution >= 0.6 is 0 Å². The molecule has 4 nitrogen and oxygen atoms in total. The highest BCUT2D eigenvalue weighted by atomic mass is 16.5. The van der Waals surface area contributed by atoms with Gasteiger partial charge in [-0.3, -0.25) is 4.79 Å². The number of nitrogens with zero attached hydrogens (tertiary/aromatic N) is 2. The van der Waals surface area contributed by atoms with E-state index >= 15 is 0 Å². The third kappa shape index (κ3) is 2.16. The van der Waals surface area contributed by atoms with Crippen molar-refractivity contribution >= 4 is 5.91 Å². The fourth-order valence-corrected chi connectivity index (χ4v) is 3.85. The highest BCUT2D eigenvalue weighted by molar-refractivity contribution is 5.80. The number of carbonyl (C=O) groups is 1. The minimum Gasteiger partial charge on any atom is -0.381 e. The number of ether oxygens (including phenoxy) is 1. The molecule has 0 aromatic heterocycles. The van der Waals surface area contributed by atoms with Crippen molar-refractivity contribution in [3.8, 4) is 0 Å². The molecule has 3 aliphatic rings. The number of hydrogen-bond donors (Lipinski definition) is 0. The molecule has 3 saturated heterocycles. The van der Waals surface area contributed by atoms with Crippen LogP contribution in [0.5, 0.6) is 0 Å². The Morgan fingerprint density at radius 3 is 2.56 bits per heavy atom. The third-order valence-corrected chi connectivity index (χ3v) is 4.88. The second-order valence-corrected chi connectivity index (χ2v) is 5.99. The zero-order chi connectivity index (χ0) is 12.5. The summed E-state index contributed by atoms with van der Waals surface area (Å²) in [4.78, 5) is 17.2. The van der Waals surface area contributed by atoms with Crippen LogP contribution in [-0.4, -0.2) is 61.1 Å². The predicted molar refractivity (Wildman–Crippen MR) is 69.3 cm³/mol. The van der Waals surface area contributed by atoms with Crippen molar-refractivity contribution in [3.63, 3.8) is 0 Å². The minimum absolute atomic E-state index is 0.136. The average molecular weight is 252 g/mol. The van der Waals surface area contributed by atoms with Gasteiger partial charge in [-0.15, -0.1) is 0 Å². The molecule has 3 aliphatic heterocycles. The summed E-state index contributed by atoms with van der Waals surface area (Å²) in [5.41, 5.74) is 0. The Balaban J connectivity index is 1.68. The molecule has 3 fully saturated rings. The molecule has 0 radical (unpaired) electrons. The van der Waals surface area contributed by atoms with E-state index in [9.17, 15) is 4.79 Å². The van der Waals surface area contributed by atoms with E-state index in [-0.39, 0.29) is 5.92 Å². The van der Waals surface area contributed by atoms with Crippen molar-refractivity contribution in [2.75, 3.05) is 33.4 Å². The molecule has 0 saturated carbocycles. The first-order valence-corrected chi connectivity index (χ1v) is 7.36. The lowest BCUT2D eigenvalue weighted by Crippen LogP contribution is -2.49. The van der Waals surface area contributed by atoms with E-state index in [4.69, 9.17) is 4.74 Å². The molecule has 0 aliphatic carbocycles. The summed E-state index contributed by atoms with van der Waals surface area (Å²) in [6.07, 6.45) is 5.82. The first-order valence-electron chi connectivity index (χ1n) is 7.36. The maximum atomic E-state index is 12.5. The van der Waals surface area contributed by atoms with Crippen LogP contribution in [-0.2, 0) is 9.53 Å². The number of rotatable bonds is 2. The molecule has 1 amide bonds. The average Bonchev–Trinajstić information content (AvgIpc) is 3.09. The Labute approximate surface area is 109 Å². The number of likely N-dealkylation sites (tertiary alicyclic amines) is 2. The second-order valence-electron chi connectivity index (χ2n) is 5.99. The monoisotopic (exact) mass is 252 g/mol. The molecule has 0 aromatic rings. The van der Waals surface area contributed by atoms with Gasteiger partial charge in [-0.25, -0.2) is 0 Å². The first kappa shape index (κ1) is 12.4. The van der Waals surface area contributed by atoms with E-state index in [0.29, 0.717) is 24.6 Å². The van der Waals surface area contributed by atoms with E-state index in [1.807, 2.05) is 0 Å². The number of amides is 1. The Morgan fingerprint density at radius 2 is 1.89 bits per heavy atom. The SMILES string of the molecule is CN1CCCC1C1CCCN1C(=O)C1CCOC1. The molecule has 0 bridgehead atoms. The first-order chi connectivity index (χ1) is 8.77. The highest BCUT2D eigenvalue weighted by Gasteiger charge is 2.40. The third-order valence-electron chi connectivity index (χ3n) is 4.88. The van der Waals surface area contributed by atoms with Gasteiger partial charge in [0.1, 0.15) is 0 Å². The standard InChI is InChI=1S/C14H24N2O2/c1-15-7-2-4-12(15)13-5-3-8-16(13)14(17)11-6-9-18-10-11/h11-13H,2-10H2,1H3. The van der Waals surface area contributed by atoms with Crippen LogP contribution in [0.15, 0.2) is 0 Å². The maximum Gasteiger partial charge on any atom is 0.228 e. The molecular formula is C14H24N2O2. The van der Waals surface area contributed by atoms with Crippen LogP contribution in [0.1, 0.15) is 32.1 Å². The molecular weight excluding hydrogens is 228 g/mol. The molecule has 0 aromatic carbocycles. The summed E-state index contributed by atoms with van der Waals surface area (Å²) in [5, 5.41) is 0. The van der Waals surface area contributed by atoms with Gasteiger partial charge in [-0.1, -0.05) is 0 Å². The van der Waals surface area contributed by atoms with E-state index in [1.54, 1.807) is 0 Å². The summed E-state index contributed by atoms with van der Waals surface area (Å²) in [6, 6.07) is 1.06. The summed E-state index contributed by atoms with van der Waals surface area (Å²) in [7, 11) is 2.21. The summed E-state index contributed by atoms with van der Waals surface area (Å²) >= 11 is 0. The Bertz CT molecular complexity index is 315. The van der Waals surface area contributed by atoms with Crippen LogP contribution in [0.3, 0.4) is 0 Å². The van der Waals surface area contributed by atoms with Gasteiger partial charge in [0.15, 0.2) is 0 Å². The molecule has 3 unspecified atom stereocenters. The summed E-state index contributed by atoms with van der Waals surface area (Å²) < 4.78 is 5.36. The van der Waals surface area contributed by atoms with Gasteiger partial charge in [0, 0.05) is 25.2 Å². The van der Waals surface area contributed by atoms with Crippen molar-refractivity contribution in [2.45, 2.75) is 44.2 Å². The smallest absolute Gasteiger partial charge is 0.228 e. The van der Waals surface area contributed by atoms with E-state index in [1.165, 1.54) is 32.2 Å². The molecule has 3 atom stereocenters. The number of hydrogen-bond acceptors (Lipinski definition) is 3. The van der Waals surface area contributed by atoms with Crippen molar-refractivity contribution < 1.29 is 9.53 Å². The summed E-state index contributed by atoms with van der Waals surface area (Å²) in [6.45, 7) is 3.56. The Kier molecular flexibility index (Phi) is 3.57. The lowest BCUT2D eigenvalue weighted by Gasteiger charge is -2.34. The maximum absolute atomic E-state index is 12.5. The quantitative estimate of drug-likeness (QED) is 0.738. The van der Waals surface area contributed by atoms with Crippen molar-refractivity contribution in [1.29, 1.82) is 0 Å². The molecule has 0 N–H and O–H groups in total. The topological polar surface area (TPSA) is 32.8 Å². The van der Waals surface area contributed by atoms with E-state index in [0.717, 1.165) is 19.6 Å². The van der Waals surface area contributed by atoms with Gasteiger partial charge in [0.25, 0.3) is 0 Å². The van der Waals surface area contributed by atoms with Gasteiger partial charge >= 0.3 is 0 Å². The van der Waals surface area contributed by atoms with Crippen LogP contribution in [0, 0.1) is 5.92 Å². The van der Waals surface area contributed by atoms with Crippen LogP contribution in [0.25, 0.3) is 0 Å². The van der Waals surface area contributed by atoms with Gasteiger partial charge in [0.05, 0.1) is 12.5 Å². The predicted octanol–water partition coefficient (Wildman–Crippen LogP) is 1.11. The van der Waals surface area contributed by atoms with Crippen molar-refractivity contribution in [3.05, 3.63) is 0 Å². The molecule has 4 heteroatoms. The number of carbonyl (C=O) groups excluding carboxylic acids is 1. The second kappa shape index (κ2) is 5.17. The van der Waals surface area contributed by atoms with Crippen molar-refractivity contribution in [2.24, 2.45) is 5.92 Å². The van der Waals surface area contributed by atoms with Gasteiger partial charge < -0.3 is 14.5 Å². The summed E-state index contributed by atoms with van der Waals surface area (Å²) in [5.74, 6) is 0.493. The lowest BCUT2D eigenvalue weighted by molar-refractivity contribution is -0.137. The van der Waals surface area contributed by atoms with E-state index in [2.05, 4.69) is 16.8 Å². The number of likely N-dealkylation sites (N-methyl/N-ethyl adjacent to an activating group) is 1. The van der Waals surface area contributed by atoms with Crippen LogP contribution in [0.4, 0.5) is 0 Å². The molecule has 3 heterocycles. The molecule has 0 spiro atoms. The molecule has 102 valence electrons. The Hall–Kier alpha value is -0.610.